The van der Waals surface area contributed by atoms with Gasteiger partial charge >= 0.3 is 6.09 Å². The van der Waals surface area contributed by atoms with Crippen molar-refractivity contribution >= 4 is 23.6 Å². The molecule has 2 fully saturated rings. The van der Waals surface area contributed by atoms with E-state index in [1.807, 2.05) is 35.2 Å². The van der Waals surface area contributed by atoms with Crippen LogP contribution in [-0.4, -0.2) is 60.8 Å². The van der Waals surface area contributed by atoms with Gasteiger partial charge < -0.3 is 19.7 Å². The van der Waals surface area contributed by atoms with Gasteiger partial charge in [-0.15, -0.1) is 0 Å². The van der Waals surface area contributed by atoms with Crippen molar-refractivity contribution < 1.29 is 23.5 Å². The molecule has 1 aliphatic carbocycles. The lowest BCUT2D eigenvalue weighted by Gasteiger charge is -2.29. The van der Waals surface area contributed by atoms with Gasteiger partial charge in [0.15, 0.2) is 0 Å². The minimum absolute atomic E-state index is 0.106. The van der Waals surface area contributed by atoms with Crippen molar-refractivity contribution in [2.45, 2.75) is 39.0 Å². The molecule has 1 saturated heterocycles. The Hall–Kier alpha value is -5.36. The summed E-state index contributed by atoms with van der Waals surface area (Å²) >= 11 is 6.95. The summed E-state index contributed by atoms with van der Waals surface area (Å²) in [5, 5.41) is 7.63. The minimum Gasteiger partial charge on any atom is -0.474 e. The van der Waals surface area contributed by atoms with Crippen LogP contribution in [0.4, 0.5) is 9.18 Å². The van der Waals surface area contributed by atoms with E-state index in [2.05, 4.69) is 20.4 Å². The highest BCUT2D eigenvalue weighted by Crippen LogP contribution is 2.49. The molecule has 1 N–H and O–H groups in total. The van der Waals surface area contributed by atoms with Gasteiger partial charge in [-0.3, -0.25) is 4.79 Å². The highest BCUT2D eigenvalue weighted by Gasteiger charge is 2.59. The number of aromatic nitrogens is 5. The second kappa shape index (κ2) is 12.9. The fourth-order valence-corrected chi connectivity index (χ4v) is 6.65. The molecule has 1 saturated carbocycles. The average molecular weight is 682 g/mol. The predicted molar refractivity (Wildman–Crippen MR) is 179 cm³/mol. The molecule has 13 heteroatoms. The number of fused-ring (bicyclic) bond motifs is 1. The zero-order valence-corrected chi connectivity index (χ0v) is 27.8. The Morgan fingerprint density at radius 2 is 1.71 bits per heavy atom. The van der Waals surface area contributed by atoms with Crippen LogP contribution in [0, 0.1) is 24.6 Å². The summed E-state index contributed by atoms with van der Waals surface area (Å²) in [7, 11) is 0. The van der Waals surface area contributed by atoms with Crippen molar-refractivity contribution in [2.75, 3.05) is 13.1 Å². The predicted octanol–water partition coefficient (Wildman–Crippen LogP) is 6.14. The zero-order chi connectivity index (χ0) is 34.3. The van der Waals surface area contributed by atoms with Crippen molar-refractivity contribution in [1.29, 1.82) is 0 Å². The molecule has 0 radical (unpaired) electrons. The molecule has 0 bridgehead atoms. The molecular weight excluding hydrogens is 649 g/mol. The molecule has 11 nitrogen and oxygen atoms in total. The third-order valence-corrected chi connectivity index (χ3v) is 9.28. The first-order valence-corrected chi connectivity index (χ1v) is 16.2. The summed E-state index contributed by atoms with van der Waals surface area (Å²) in [6.07, 6.45) is 4.11. The van der Waals surface area contributed by atoms with Crippen LogP contribution in [-0.2, 0) is 16.9 Å². The molecule has 1 unspecified atom stereocenters. The Morgan fingerprint density at radius 1 is 1.02 bits per heavy atom. The van der Waals surface area contributed by atoms with Crippen LogP contribution in [0.25, 0.3) is 17.2 Å². The first-order chi connectivity index (χ1) is 23.6. The van der Waals surface area contributed by atoms with E-state index >= 15 is 0 Å². The number of ether oxygens (including phenoxy) is 2. The molecule has 2 aliphatic rings. The Morgan fingerprint density at radius 3 is 2.41 bits per heavy atom. The number of pyridine rings is 1. The van der Waals surface area contributed by atoms with Crippen molar-refractivity contribution in [3.8, 4) is 23.1 Å². The molecule has 1 aliphatic heterocycles. The molecule has 3 aromatic heterocycles. The van der Waals surface area contributed by atoms with Gasteiger partial charge in [-0.1, -0.05) is 41.9 Å². The number of alkyl carbamates (subject to hydrolysis) is 1. The van der Waals surface area contributed by atoms with Crippen molar-refractivity contribution in [3.63, 3.8) is 0 Å². The van der Waals surface area contributed by atoms with E-state index in [-0.39, 0.29) is 35.5 Å². The molecule has 5 aromatic rings. The molecule has 2 amide bonds. The maximum Gasteiger partial charge on any atom is 0.408 e. The number of carbonyl (C=O) groups is 2. The van der Waals surface area contributed by atoms with Gasteiger partial charge in [-0.2, -0.15) is 5.10 Å². The number of hydrogen-bond donors (Lipinski definition) is 1. The number of carbonyl (C=O) groups excluding carboxylic acids is 2. The number of nitrogens with one attached hydrogen (secondary N) is 1. The summed E-state index contributed by atoms with van der Waals surface area (Å²) in [4.78, 5) is 41.3. The Balaban J connectivity index is 1.07. The number of amides is 2. The topological polar surface area (TPSA) is 124 Å². The van der Waals surface area contributed by atoms with Gasteiger partial charge in [0.1, 0.15) is 18.5 Å². The molecule has 4 heterocycles. The van der Waals surface area contributed by atoms with Crippen LogP contribution >= 0.6 is 11.6 Å². The molecule has 49 heavy (non-hydrogen) atoms. The number of nitrogens with zero attached hydrogens (tertiary/aromatic N) is 6. The largest absolute Gasteiger partial charge is 0.474 e. The zero-order valence-electron chi connectivity index (χ0n) is 27.0. The van der Waals surface area contributed by atoms with Gasteiger partial charge in [-0.25, -0.2) is 28.8 Å². The number of piperidine rings is 1. The van der Waals surface area contributed by atoms with Crippen molar-refractivity contribution in [3.05, 3.63) is 119 Å². The lowest BCUT2D eigenvalue weighted by Crippen LogP contribution is -2.41. The summed E-state index contributed by atoms with van der Waals surface area (Å²) < 4.78 is 27.2. The number of benzene rings is 2. The maximum absolute atomic E-state index is 13.8. The summed E-state index contributed by atoms with van der Waals surface area (Å²) in [5.74, 6) is 0.430. The van der Waals surface area contributed by atoms with Gasteiger partial charge in [-0.05, 0) is 56.7 Å². The standard InChI is InChI=1S/C36H33ClFN7O4/c1-21-25(19-45(43-21)34-39-14-7-15-40-34)33(46)44-17-26-27(18-44)32(26)49-29-16-28(30(37)31(41-29)23-10-12-24(38)13-11-23)36(2,3)42-35(47)48-20-22-8-5-4-6-9-22/h4-16,19,26-27,32H,17-18,20H2,1-3H3,(H,42,47)/t26-,27+,32?. The number of halogens is 2. The highest BCUT2D eigenvalue weighted by molar-refractivity contribution is 6.34. The van der Waals surface area contributed by atoms with Crippen LogP contribution in [0.5, 0.6) is 5.88 Å². The van der Waals surface area contributed by atoms with Gasteiger partial charge in [0.2, 0.25) is 11.8 Å². The number of rotatable bonds is 9. The van der Waals surface area contributed by atoms with Crippen LogP contribution in [0.1, 0.15) is 41.0 Å². The smallest absolute Gasteiger partial charge is 0.408 e. The molecule has 0 spiro atoms. The summed E-state index contributed by atoms with van der Waals surface area (Å²) in [5.41, 5.74) is 2.47. The second-order valence-electron chi connectivity index (χ2n) is 12.7. The first-order valence-electron chi connectivity index (χ1n) is 15.8. The SMILES string of the molecule is Cc1nn(-c2ncccn2)cc1C(=O)N1C[C@@H]2C(Oc3cc(C(C)(C)NC(=O)OCc4ccccc4)c(Cl)c(-c4ccc(F)cc4)n3)[C@@H]2C1. The lowest BCUT2D eigenvalue weighted by atomic mass is 9.93. The lowest BCUT2D eigenvalue weighted by molar-refractivity contribution is 0.0750. The first kappa shape index (κ1) is 32.2. The van der Waals surface area contributed by atoms with Crippen molar-refractivity contribution in [2.24, 2.45) is 11.8 Å². The highest BCUT2D eigenvalue weighted by atomic mass is 35.5. The van der Waals surface area contributed by atoms with Gasteiger partial charge in [0.25, 0.3) is 5.91 Å². The molecule has 7 rings (SSSR count). The third kappa shape index (κ3) is 6.68. The normalized spacial score (nSPS) is 18.1. The Bertz CT molecular complexity index is 2000. The Labute approximate surface area is 287 Å². The second-order valence-corrected chi connectivity index (χ2v) is 13.1. The fourth-order valence-electron chi connectivity index (χ4n) is 6.21. The average Bonchev–Trinajstić information content (AvgIpc) is 3.38. The van der Waals surface area contributed by atoms with Crippen molar-refractivity contribution in [1.82, 2.24) is 34.9 Å². The summed E-state index contributed by atoms with van der Waals surface area (Å²) in [6, 6.07) is 18.7. The monoisotopic (exact) mass is 681 g/mol. The maximum atomic E-state index is 13.8. The van der Waals surface area contributed by atoms with E-state index in [0.29, 0.717) is 53.0 Å². The van der Waals surface area contributed by atoms with E-state index in [1.54, 1.807) is 63.6 Å². The number of likely N-dealkylation sites (tertiary alicyclic amines) is 1. The van der Waals surface area contributed by atoms with Crippen LogP contribution in [0.15, 0.2) is 85.3 Å². The van der Waals surface area contributed by atoms with Gasteiger partial charge in [0, 0.05) is 60.7 Å². The van der Waals surface area contributed by atoms with E-state index < -0.39 is 17.4 Å². The summed E-state index contributed by atoms with van der Waals surface area (Å²) in [6.45, 7) is 6.55. The van der Waals surface area contributed by atoms with Crippen LogP contribution in [0.2, 0.25) is 5.02 Å². The van der Waals surface area contributed by atoms with E-state index in [4.69, 9.17) is 26.1 Å². The van der Waals surface area contributed by atoms with E-state index in [0.717, 1.165) is 5.56 Å². The quantitative estimate of drug-likeness (QED) is 0.197. The molecular formula is C36H33ClFN7O4. The number of hydrogen-bond acceptors (Lipinski definition) is 8. The van der Waals surface area contributed by atoms with Crippen LogP contribution in [0.3, 0.4) is 0 Å². The molecule has 3 atom stereocenters. The van der Waals surface area contributed by atoms with E-state index in [9.17, 15) is 14.0 Å². The third-order valence-electron chi connectivity index (χ3n) is 8.90. The Kier molecular flexibility index (Phi) is 8.49. The number of aryl methyl sites for hydroxylation is 1. The fraction of sp³-hybridized carbons (Fsp3) is 0.278. The molecule has 2 aromatic carbocycles. The van der Waals surface area contributed by atoms with Crippen LogP contribution < -0.4 is 10.1 Å². The van der Waals surface area contributed by atoms with Gasteiger partial charge in [0.05, 0.1) is 27.5 Å². The minimum atomic E-state index is -1.00. The molecule has 250 valence electrons. The van der Waals surface area contributed by atoms with E-state index in [1.165, 1.54) is 16.8 Å².